The molecular weight excluding hydrogens is 350 g/mol. The summed E-state index contributed by atoms with van der Waals surface area (Å²) in [6.07, 6.45) is 5.62. The van der Waals surface area contributed by atoms with Crippen molar-refractivity contribution in [3.05, 3.63) is 34.1 Å². The minimum Gasteiger partial charge on any atom is -0.207 e. The highest BCUT2D eigenvalue weighted by molar-refractivity contribution is 9.10. The maximum Gasteiger partial charge on any atom is 0.123 e. The highest BCUT2D eigenvalue weighted by Crippen LogP contribution is 2.44. The first kappa shape index (κ1) is 15.6. The van der Waals surface area contributed by atoms with E-state index in [-0.39, 0.29) is 11.2 Å². The molecule has 1 aliphatic carbocycles. The minimum absolute atomic E-state index is 0.115. The lowest BCUT2D eigenvalue weighted by Gasteiger charge is -2.36. The Hall–Kier alpha value is 0.210. The van der Waals surface area contributed by atoms with Crippen molar-refractivity contribution in [2.24, 2.45) is 11.3 Å². The van der Waals surface area contributed by atoms with Crippen molar-refractivity contribution in [1.29, 1.82) is 0 Å². The van der Waals surface area contributed by atoms with Crippen LogP contribution in [0.5, 0.6) is 0 Å². The van der Waals surface area contributed by atoms with E-state index in [1.165, 1.54) is 31.7 Å². The summed E-state index contributed by atoms with van der Waals surface area (Å²) in [7, 11) is 0. The van der Waals surface area contributed by atoms with Crippen molar-refractivity contribution >= 4 is 39.1 Å². The van der Waals surface area contributed by atoms with Gasteiger partial charge in [-0.1, -0.05) is 28.8 Å². The van der Waals surface area contributed by atoms with E-state index in [4.69, 9.17) is 23.2 Å². The van der Waals surface area contributed by atoms with Gasteiger partial charge in [0.25, 0.3) is 0 Å². The molecule has 0 bridgehead atoms. The van der Waals surface area contributed by atoms with Crippen molar-refractivity contribution in [2.75, 3.05) is 11.8 Å². The molecule has 0 heterocycles. The molecule has 0 radical (unpaired) electrons. The van der Waals surface area contributed by atoms with Gasteiger partial charge in [0.2, 0.25) is 0 Å². The van der Waals surface area contributed by atoms with E-state index in [0.717, 1.165) is 16.5 Å². The molecule has 2 rings (SSSR count). The molecule has 0 atom stereocenters. The van der Waals surface area contributed by atoms with Gasteiger partial charge in [0.05, 0.1) is 0 Å². The first-order chi connectivity index (χ1) is 9.11. The van der Waals surface area contributed by atoms with E-state index < -0.39 is 0 Å². The highest BCUT2D eigenvalue weighted by atomic mass is 79.9. The zero-order chi connectivity index (χ0) is 13.9. The fraction of sp³-hybridized carbons (Fsp3) is 0.600. The fourth-order valence-corrected chi connectivity index (χ4v) is 4.39. The summed E-state index contributed by atoms with van der Waals surface area (Å²) in [5, 5.41) is 0. The molecule has 0 N–H and O–H groups in total. The minimum atomic E-state index is -0.206. The molecule has 1 aliphatic rings. The van der Waals surface area contributed by atoms with Gasteiger partial charge in [-0.3, -0.25) is 0 Å². The van der Waals surface area contributed by atoms with Crippen molar-refractivity contribution in [3.63, 3.8) is 0 Å². The lowest BCUT2D eigenvalue weighted by Crippen LogP contribution is -2.35. The summed E-state index contributed by atoms with van der Waals surface area (Å²) in [4.78, 5) is 0. The second kappa shape index (κ2) is 6.78. The Balaban J connectivity index is 2.27. The fourth-order valence-electron chi connectivity index (χ4n) is 3.09. The number of halogens is 4. The maximum absolute atomic E-state index is 13.4. The lowest BCUT2D eigenvalue weighted by molar-refractivity contribution is 0.224. The molecule has 0 nitrogen and oxygen atoms in total. The van der Waals surface area contributed by atoms with Gasteiger partial charge in [-0.05, 0) is 48.9 Å². The van der Waals surface area contributed by atoms with Gasteiger partial charge >= 0.3 is 0 Å². The Bertz CT molecular complexity index is 426. The predicted octanol–water partition coefficient (Wildman–Crippen LogP) is 5.78. The molecule has 0 saturated heterocycles. The van der Waals surface area contributed by atoms with E-state index in [1.807, 2.05) is 0 Å². The molecule has 1 saturated carbocycles. The van der Waals surface area contributed by atoms with Crippen LogP contribution in [0.15, 0.2) is 22.7 Å². The lowest BCUT2D eigenvalue weighted by atomic mass is 9.73. The van der Waals surface area contributed by atoms with Crippen molar-refractivity contribution in [1.82, 2.24) is 0 Å². The first-order valence-corrected chi connectivity index (χ1v) is 8.53. The van der Waals surface area contributed by atoms with Gasteiger partial charge in [0.15, 0.2) is 0 Å². The highest BCUT2D eigenvalue weighted by Gasteiger charge is 2.39. The molecule has 19 heavy (non-hydrogen) atoms. The second-order valence-electron chi connectivity index (χ2n) is 5.52. The summed E-state index contributed by atoms with van der Waals surface area (Å²) >= 11 is 16.0. The maximum atomic E-state index is 13.4. The average molecular weight is 368 g/mol. The number of hydrogen-bond donors (Lipinski definition) is 0. The molecule has 106 valence electrons. The molecule has 0 aromatic heterocycles. The van der Waals surface area contributed by atoms with Gasteiger partial charge in [-0.15, -0.1) is 23.2 Å². The van der Waals surface area contributed by atoms with Crippen molar-refractivity contribution in [3.8, 4) is 0 Å². The normalized spacial score (nSPS) is 17.1. The van der Waals surface area contributed by atoms with Crippen LogP contribution in [-0.2, 0) is 6.42 Å². The van der Waals surface area contributed by atoms with Crippen LogP contribution in [0.25, 0.3) is 0 Å². The number of benzene rings is 1. The summed E-state index contributed by atoms with van der Waals surface area (Å²) in [5.41, 5.74) is 0.851. The molecule has 0 spiro atoms. The molecule has 1 aromatic rings. The zero-order valence-corrected chi connectivity index (χ0v) is 13.9. The Kier molecular flexibility index (Phi) is 5.56. The third-order valence-electron chi connectivity index (χ3n) is 4.30. The Labute approximate surface area is 132 Å². The van der Waals surface area contributed by atoms with Gasteiger partial charge in [-0.2, -0.15) is 0 Å². The van der Waals surface area contributed by atoms with Crippen LogP contribution in [0.2, 0.25) is 0 Å². The van der Waals surface area contributed by atoms with Gasteiger partial charge < -0.3 is 0 Å². The van der Waals surface area contributed by atoms with E-state index in [1.54, 1.807) is 12.1 Å². The van der Waals surface area contributed by atoms with Crippen LogP contribution in [0, 0.1) is 17.2 Å². The Morgan fingerprint density at radius 3 is 2.42 bits per heavy atom. The topological polar surface area (TPSA) is 0 Å². The monoisotopic (exact) mass is 366 g/mol. The third-order valence-corrected chi connectivity index (χ3v) is 6.14. The smallest absolute Gasteiger partial charge is 0.123 e. The first-order valence-electron chi connectivity index (χ1n) is 6.67. The molecule has 0 unspecified atom stereocenters. The summed E-state index contributed by atoms with van der Waals surface area (Å²) in [6, 6.07) is 4.81. The third kappa shape index (κ3) is 3.46. The van der Waals surface area contributed by atoms with Crippen LogP contribution in [0.4, 0.5) is 4.39 Å². The molecule has 1 aromatic carbocycles. The van der Waals surface area contributed by atoms with Gasteiger partial charge in [0, 0.05) is 21.6 Å². The Morgan fingerprint density at radius 2 is 1.84 bits per heavy atom. The zero-order valence-electron chi connectivity index (χ0n) is 10.8. The van der Waals surface area contributed by atoms with E-state index >= 15 is 0 Å². The summed E-state index contributed by atoms with van der Waals surface area (Å²) in [6.45, 7) is 0. The number of rotatable bonds is 5. The average Bonchev–Trinajstić information content (AvgIpc) is 2.94. The molecule has 0 aliphatic heterocycles. The van der Waals surface area contributed by atoms with Crippen molar-refractivity contribution < 1.29 is 4.39 Å². The van der Waals surface area contributed by atoms with Gasteiger partial charge in [-0.25, -0.2) is 4.39 Å². The molecule has 4 heteroatoms. The van der Waals surface area contributed by atoms with Crippen molar-refractivity contribution in [2.45, 2.75) is 32.1 Å². The van der Waals surface area contributed by atoms with Crippen LogP contribution in [0.3, 0.4) is 0 Å². The van der Waals surface area contributed by atoms with E-state index in [9.17, 15) is 4.39 Å². The summed E-state index contributed by atoms with van der Waals surface area (Å²) < 4.78 is 14.4. The van der Waals surface area contributed by atoms with E-state index in [0.29, 0.717) is 17.7 Å². The van der Waals surface area contributed by atoms with E-state index in [2.05, 4.69) is 15.9 Å². The second-order valence-corrected chi connectivity index (χ2v) is 6.91. The molecule has 1 fully saturated rings. The standard InChI is InChI=1S/C15H18BrCl2F/c16-14-6-5-13(19)7-11(14)8-15(9-17,10-18)12-3-1-2-4-12/h5-7,12H,1-4,8-10H2. The number of alkyl halides is 2. The van der Waals surface area contributed by atoms with Crippen LogP contribution in [0.1, 0.15) is 31.2 Å². The number of hydrogen-bond acceptors (Lipinski definition) is 0. The van der Waals surface area contributed by atoms with Gasteiger partial charge in [0.1, 0.15) is 5.82 Å². The van der Waals surface area contributed by atoms with Crippen LogP contribution < -0.4 is 0 Å². The molecule has 0 amide bonds. The summed E-state index contributed by atoms with van der Waals surface area (Å²) in [5.74, 6) is 1.41. The largest absolute Gasteiger partial charge is 0.207 e. The van der Waals surface area contributed by atoms with Crippen LogP contribution in [-0.4, -0.2) is 11.8 Å². The Morgan fingerprint density at radius 1 is 1.21 bits per heavy atom. The quantitative estimate of drug-likeness (QED) is 0.578. The SMILES string of the molecule is Fc1ccc(Br)c(CC(CCl)(CCl)C2CCCC2)c1. The van der Waals surface area contributed by atoms with Crippen LogP contribution >= 0.6 is 39.1 Å². The molecular formula is C15H18BrCl2F. The predicted molar refractivity (Wildman–Crippen MR) is 83.6 cm³/mol.